The molecule has 0 N–H and O–H groups in total. The molecule has 4 aromatic rings. The van der Waals surface area contributed by atoms with Gasteiger partial charge in [-0.1, -0.05) is 59.5 Å². The highest BCUT2D eigenvalue weighted by molar-refractivity contribution is 8.03. The summed E-state index contributed by atoms with van der Waals surface area (Å²) in [6, 6.07) is 21.4. The highest BCUT2D eigenvalue weighted by Gasteiger charge is 2.24. The van der Waals surface area contributed by atoms with E-state index in [4.69, 9.17) is 0 Å². The molecule has 0 amide bonds. The monoisotopic (exact) mass is 468 g/mol. The first-order chi connectivity index (χ1) is 16.3. The predicted octanol–water partition coefficient (Wildman–Crippen LogP) is 7.17. The third kappa shape index (κ3) is 4.52. The van der Waals surface area contributed by atoms with Gasteiger partial charge in [0.15, 0.2) is 0 Å². The first kappa shape index (κ1) is 21.7. The van der Waals surface area contributed by atoms with Crippen LogP contribution in [0.5, 0.6) is 0 Å². The van der Waals surface area contributed by atoms with Gasteiger partial charge >= 0.3 is 0 Å². The average molecular weight is 469 g/mol. The third-order valence-corrected chi connectivity index (χ3v) is 7.89. The number of nitrogens with zero attached hydrogens (tertiary/aromatic N) is 3. The highest BCUT2D eigenvalue weighted by atomic mass is 32.2. The van der Waals surface area contributed by atoms with Crippen LogP contribution >= 0.6 is 23.1 Å². The van der Waals surface area contributed by atoms with Gasteiger partial charge in [0.1, 0.15) is 11.2 Å². The van der Waals surface area contributed by atoms with Crippen LogP contribution < -0.4 is 9.47 Å². The van der Waals surface area contributed by atoms with Crippen molar-refractivity contribution < 1.29 is 4.57 Å². The second kappa shape index (κ2) is 9.77. The first-order valence-electron chi connectivity index (χ1n) is 11.2. The van der Waals surface area contributed by atoms with Crippen LogP contribution in [0, 0.1) is 0 Å². The van der Waals surface area contributed by atoms with Crippen molar-refractivity contribution in [1.29, 1.82) is 0 Å². The van der Waals surface area contributed by atoms with Crippen LogP contribution in [0.25, 0.3) is 22.4 Å². The van der Waals surface area contributed by atoms with Crippen molar-refractivity contribution in [2.24, 2.45) is 0 Å². The number of allylic oxidation sites excluding steroid dienone is 3. The van der Waals surface area contributed by atoms with Crippen molar-refractivity contribution in [1.82, 2.24) is 4.98 Å². The molecule has 3 nitrogen and oxygen atoms in total. The lowest BCUT2D eigenvalue weighted by Gasteiger charge is -2.18. The van der Waals surface area contributed by atoms with Crippen LogP contribution in [-0.2, 0) is 6.54 Å². The Hall–Kier alpha value is -3.15. The quantitative estimate of drug-likeness (QED) is 0.221. The summed E-state index contributed by atoms with van der Waals surface area (Å²) in [4.78, 5) is 7.85. The van der Waals surface area contributed by atoms with E-state index < -0.39 is 0 Å². The standard InChI is InChI=1S/C28H26N3S2/c1-3-30-23-9-5-7-11-25(23)32-27(30)19-22(14-13-21-15-17-29-18-16-21)20-28-31(4-2)24-10-6-8-12-26(24)33-28/h5-20H,3-4H2,1-2H3/q+1. The molecule has 2 aromatic heterocycles. The summed E-state index contributed by atoms with van der Waals surface area (Å²) in [5.41, 5.74) is 4.90. The topological polar surface area (TPSA) is 20.0 Å². The zero-order valence-corrected chi connectivity index (χ0v) is 20.4. The third-order valence-electron chi connectivity index (χ3n) is 5.66. The zero-order valence-electron chi connectivity index (χ0n) is 18.8. The fourth-order valence-electron chi connectivity index (χ4n) is 4.06. The zero-order chi connectivity index (χ0) is 22.6. The second-order valence-corrected chi connectivity index (χ2v) is 9.83. The van der Waals surface area contributed by atoms with Crippen LogP contribution in [0.1, 0.15) is 24.4 Å². The fourth-order valence-corrected chi connectivity index (χ4v) is 6.44. The molecular weight excluding hydrogens is 442 g/mol. The maximum absolute atomic E-state index is 4.14. The number of rotatable bonds is 6. The Kier molecular flexibility index (Phi) is 6.42. The van der Waals surface area contributed by atoms with E-state index in [0.717, 1.165) is 18.7 Å². The number of aryl methyl sites for hydroxylation is 1. The minimum absolute atomic E-state index is 0.940. The number of pyridine rings is 1. The lowest BCUT2D eigenvalue weighted by atomic mass is 10.1. The number of thiazole rings is 1. The number of benzene rings is 2. The summed E-state index contributed by atoms with van der Waals surface area (Å²) in [6.07, 6.45) is 12.7. The van der Waals surface area contributed by atoms with Gasteiger partial charge in [-0.3, -0.25) is 4.98 Å². The summed E-state index contributed by atoms with van der Waals surface area (Å²) in [6.45, 7) is 6.30. The van der Waals surface area contributed by atoms with Crippen molar-refractivity contribution >= 4 is 51.2 Å². The minimum Gasteiger partial charge on any atom is -0.335 e. The molecule has 3 heterocycles. The maximum Gasteiger partial charge on any atom is 0.263 e. The molecule has 0 aliphatic carbocycles. The summed E-state index contributed by atoms with van der Waals surface area (Å²) in [5, 5.41) is 2.52. The Morgan fingerprint density at radius 1 is 1.00 bits per heavy atom. The van der Waals surface area contributed by atoms with Gasteiger partial charge in [0, 0.05) is 36.0 Å². The van der Waals surface area contributed by atoms with Crippen LogP contribution in [0.15, 0.2) is 101 Å². The number of fused-ring (bicyclic) bond motifs is 2. The summed E-state index contributed by atoms with van der Waals surface area (Å²) in [7, 11) is 0. The number of aromatic nitrogens is 2. The molecule has 0 fully saturated rings. The normalized spacial score (nSPS) is 15.2. The van der Waals surface area contributed by atoms with Gasteiger partial charge in [-0.25, -0.2) is 0 Å². The van der Waals surface area contributed by atoms with E-state index in [-0.39, 0.29) is 0 Å². The van der Waals surface area contributed by atoms with Crippen molar-refractivity contribution in [3.8, 4) is 0 Å². The van der Waals surface area contributed by atoms with Gasteiger partial charge in [0.05, 0.1) is 10.7 Å². The van der Waals surface area contributed by atoms with E-state index in [0.29, 0.717) is 0 Å². The predicted molar refractivity (Wildman–Crippen MR) is 142 cm³/mol. The van der Waals surface area contributed by atoms with Crippen molar-refractivity contribution in [2.45, 2.75) is 25.3 Å². The second-order valence-electron chi connectivity index (χ2n) is 7.71. The van der Waals surface area contributed by atoms with Crippen molar-refractivity contribution in [3.05, 3.63) is 106 Å². The molecule has 0 saturated heterocycles. The minimum atomic E-state index is 0.940. The Balaban J connectivity index is 1.60. The Bertz CT molecular complexity index is 1370. The Morgan fingerprint density at radius 3 is 2.61 bits per heavy atom. The molecule has 0 radical (unpaired) electrons. The Labute approximate surface area is 203 Å². The molecule has 1 aliphatic rings. The van der Waals surface area contributed by atoms with Gasteiger partial charge < -0.3 is 4.90 Å². The maximum atomic E-state index is 4.14. The smallest absolute Gasteiger partial charge is 0.263 e. The van der Waals surface area contributed by atoms with E-state index in [9.17, 15) is 0 Å². The molecule has 0 unspecified atom stereocenters. The number of hydrogen-bond acceptors (Lipinski definition) is 4. The number of anilines is 1. The Morgan fingerprint density at radius 2 is 1.79 bits per heavy atom. The van der Waals surface area contributed by atoms with E-state index in [1.165, 1.54) is 36.4 Å². The van der Waals surface area contributed by atoms with Crippen LogP contribution in [-0.4, -0.2) is 11.5 Å². The van der Waals surface area contributed by atoms with E-state index in [1.807, 2.05) is 47.6 Å². The molecular formula is C28H26N3S2+. The van der Waals surface area contributed by atoms with Gasteiger partial charge in [-0.15, -0.1) is 0 Å². The number of hydrogen-bond donors (Lipinski definition) is 0. The molecule has 5 heteroatoms. The van der Waals surface area contributed by atoms with Crippen molar-refractivity contribution in [2.75, 3.05) is 11.4 Å². The lowest BCUT2D eigenvalue weighted by molar-refractivity contribution is -0.665. The van der Waals surface area contributed by atoms with Gasteiger partial charge in [0.2, 0.25) is 5.52 Å². The van der Waals surface area contributed by atoms with Gasteiger partial charge in [0.25, 0.3) is 5.01 Å². The molecule has 164 valence electrons. The van der Waals surface area contributed by atoms with Crippen LogP contribution in [0.2, 0.25) is 0 Å². The molecule has 5 rings (SSSR count). The molecule has 2 aromatic carbocycles. The number of thioether (sulfide) groups is 1. The van der Waals surface area contributed by atoms with E-state index in [1.54, 1.807) is 0 Å². The summed E-state index contributed by atoms with van der Waals surface area (Å²) >= 11 is 3.69. The molecule has 0 atom stereocenters. The SMILES string of the molecule is CCN1C(=CC(C=Cc2ccncc2)=Cc2sc3ccccc3[n+]2CC)Sc2ccccc21. The largest absolute Gasteiger partial charge is 0.335 e. The fraction of sp³-hybridized carbons (Fsp3) is 0.143. The van der Waals surface area contributed by atoms with Crippen molar-refractivity contribution in [3.63, 3.8) is 0 Å². The molecule has 33 heavy (non-hydrogen) atoms. The molecule has 1 aliphatic heterocycles. The van der Waals surface area contributed by atoms with E-state index >= 15 is 0 Å². The summed E-state index contributed by atoms with van der Waals surface area (Å²) < 4.78 is 3.71. The summed E-state index contributed by atoms with van der Waals surface area (Å²) in [5.74, 6) is 0. The highest BCUT2D eigenvalue weighted by Crippen LogP contribution is 2.46. The molecule has 0 spiro atoms. The lowest BCUT2D eigenvalue weighted by Crippen LogP contribution is -2.33. The van der Waals surface area contributed by atoms with Crippen LogP contribution in [0.3, 0.4) is 0 Å². The molecule has 0 bridgehead atoms. The first-order valence-corrected chi connectivity index (χ1v) is 12.9. The van der Waals surface area contributed by atoms with Gasteiger partial charge in [-0.2, -0.15) is 4.57 Å². The van der Waals surface area contributed by atoms with Crippen LogP contribution in [0.4, 0.5) is 5.69 Å². The van der Waals surface area contributed by atoms with E-state index in [2.05, 4.69) is 101 Å². The average Bonchev–Trinajstić information content (AvgIpc) is 3.39. The molecule has 0 saturated carbocycles. The number of para-hydroxylation sites is 2. The van der Waals surface area contributed by atoms with Gasteiger partial charge in [-0.05, 0) is 61.4 Å².